The molecule has 0 unspecified atom stereocenters. The lowest BCUT2D eigenvalue weighted by Crippen LogP contribution is -2.29. The van der Waals surface area contributed by atoms with Crippen LogP contribution < -0.4 is 5.32 Å². The van der Waals surface area contributed by atoms with E-state index in [-0.39, 0.29) is 5.60 Å². The molecule has 0 aromatic carbocycles. The Bertz CT molecular complexity index is 143. The van der Waals surface area contributed by atoms with E-state index < -0.39 is 0 Å². The minimum absolute atomic E-state index is 0.0168. The van der Waals surface area contributed by atoms with Crippen molar-refractivity contribution in [1.29, 1.82) is 0 Å². The molecule has 15 heavy (non-hydrogen) atoms. The summed E-state index contributed by atoms with van der Waals surface area (Å²) in [5, 5.41) is 12.0. The molecule has 0 saturated heterocycles. The van der Waals surface area contributed by atoms with Crippen molar-refractivity contribution in [3.05, 3.63) is 0 Å². The molecule has 0 bridgehead atoms. The van der Waals surface area contributed by atoms with Gasteiger partial charge in [0, 0.05) is 26.0 Å². The normalized spacial score (nSPS) is 12.0. The number of aliphatic hydroxyl groups is 1. The molecule has 4 heteroatoms. The first kappa shape index (κ1) is 15.2. The number of hydrogen-bond acceptors (Lipinski definition) is 4. The van der Waals surface area contributed by atoms with E-state index in [2.05, 4.69) is 19.2 Å². The SMILES string of the molecule is COC(C)(C)CCNCCSCCCO. The van der Waals surface area contributed by atoms with Crippen molar-refractivity contribution < 1.29 is 9.84 Å². The van der Waals surface area contributed by atoms with Crippen LogP contribution in [-0.2, 0) is 4.74 Å². The van der Waals surface area contributed by atoms with Crippen molar-refractivity contribution in [2.75, 3.05) is 38.3 Å². The quantitative estimate of drug-likeness (QED) is 0.563. The number of hydrogen-bond donors (Lipinski definition) is 2. The average Bonchev–Trinajstić information content (AvgIpc) is 2.22. The molecule has 0 aliphatic carbocycles. The van der Waals surface area contributed by atoms with Gasteiger partial charge >= 0.3 is 0 Å². The van der Waals surface area contributed by atoms with Crippen LogP contribution in [0.15, 0.2) is 0 Å². The average molecular weight is 235 g/mol. The Morgan fingerprint density at radius 1 is 1.27 bits per heavy atom. The molecule has 0 aromatic heterocycles. The molecule has 0 rings (SSSR count). The molecule has 0 radical (unpaired) electrons. The highest BCUT2D eigenvalue weighted by Crippen LogP contribution is 2.11. The highest BCUT2D eigenvalue weighted by molar-refractivity contribution is 7.99. The number of thioether (sulfide) groups is 1. The monoisotopic (exact) mass is 235 g/mol. The molecule has 0 aliphatic heterocycles. The van der Waals surface area contributed by atoms with Crippen molar-refractivity contribution in [3.63, 3.8) is 0 Å². The van der Waals surface area contributed by atoms with Crippen LogP contribution in [-0.4, -0.2) is 49.0 Å². The summed E-state index contributed by atoms with van der Waals surface area (Å²) >= 11 is 1.89. The largest absolute Gasteiger partial charge is 0.396 e. The van der Waals surface area contributed by atoms with Gasteiger partial charge in [0.15, 0.2) is 0 Å². The second-order valence-corrected chi connectivity index (χ2v) is 5.38. The van der Waals surface area contributed by atoms with E-state index in [9.17, 15) is 0 Å². The number of methoxy groups -OCH3 is 1. The van der Waals surface area contributed by atoms with Crippen LogP contribution >= 0.6 is 11.8 Å². The first-order chi connectivity index (χ1) is 7.12. The van der Waals surface area contributed by atoms with Gasteiger partial charge in [0.05, 0.1) is 5.60 Å². The van der Waals surface area contributed by atoms with Gasteiger partial charge in [0.1, 0.15) is 0 Å². The summed E-state index contributed by atoms with van der Waals surface area (Å²) in [4.78, 5) is 0. The van der Waals surface area contributed by atoms with Crippen LogP contribution in [0.2, 0.25) is 0 Å². The van der Waals surface area contributed by atoms with Crippen LogP contribution in [0, 0.1) is 0 Å². The molecule has 0 atom stereocenters. The molecular weight excluding hydrogens is 210 g/mol. The van der Waals surface area contributed by atoms with Crippen molar-refractivity contribution in [2.24, 2.45) is 0 Å². The van der Waals surface area contributed by atoms with Gasteiger partial charge in [-0.2, -0.15) is 11.8 Å². The van der Waals surface area contributed by atoms with Gasteiger partial charge < -0.3 is 15.2 Å². The fraction of sp³-hybridized carbons (Fsp3) is 1.00. The van der Waals surface area contributed by atoms with Gasteiger partial charge in [-0.15, -0.1) is 0 Å². The maximum atomic E-state index is 8.58. The van der Waals surface area contributed by atoms with Gasteiger partial charge in [-0.05, 0) is 39.0 Å². The lowest BCUT2D eigenvalue weighted by molar-refractivity contribution is 0.0160. The van der Waals surface area contributed by atoms with Crippen LogP contribution in [0.3, 0.4) is 0 Å². The summed E-state index contributed by atoms with van der Waals surface area (Å²) in [5.74, 6) is 2.18. The zero-order valence-corrected chi connectivity index (χ0v) is 11.0. The molecule has 2 N–H and O–H groups in total. The Morgan fingerprint density at radius 3 is 2.60 bits per heavy atom. The van der Waals surface area contributed by atoms with Crippen LogP contribution in [0.1, 0.15) is 26.7 Å². The summed E-state index contributed by atoms with van der Waals surface area (Å²) in [5.41, 5.74) is -0.0168. The third-order valence-electron chi connectivity index (χ3n) is 2.33. The number of aliphatic hydroxyl groups excluding tert-OH is 1. The van der Waals surface area contributed by atoms with Gasteiger partial charge in [-0.25, -0.2) is 0 Å². The Balaban J connectivity index is 3.11. The van der Waals surface area contributed by atoms with Crippen molar-refractivity contribution >= 4 is 11.8 Å². The Labute approximate surface area is 98.0 Å². The zero-order valence-electron chi connectivity index (χ0n) is 10.2. The fourth-order valence-corrected chi connectivity index (χ4v) is 1.86. The number of rotatable bonds is 10. The first-order valence-corrected chi connectivity index (χ1v) is 6.72. The topological polar surface area (TPSA) is 41.5 Å². The standard InChI is InChI=1S/C11H25NO2S/c1-11(2,14-3)5-6-12-7-10-15-9-4-8-13/h12-13H,4-10H2,1-3H3. The van der Waals surface area contributed by atoms with Crippen LogP contribution in [0.5, 0.6) is 0 Å². The highest BCUT2D eigenvalue weighted by Gasteiger charge is 2.14. The maximum absolute atomic E-state index is 8.58. The Kier molecular flexibility index (Phi) is 9.60. The maximum Gasteiger partial charge on any atom is 0.0634 e. The van der Waals surface area contributed by atoms with Crippen LogP contribution in [0.4, 0.5) is 0 Å². The van der Waals surface area contributed by atoms with Crippen molar-refractivity contribution in [3.8, 4) is 0 Å². The summed E-state index contributed by atoms with van der Waals surface area (Å²) in [7, 11) is 1.75. The van der Waals surface area contributed by atoms with Gasteiger partial charge in [-0.1, -0.05) is 0 Å². The predicted octanol–water partition coefficient (Wildman–Crippen LogP) is 1.51. The second kappa shape index (κ2) is 9.46. The predicted molar refractivity (Wildman–Crippen MR) is 67.6 cm³/mol. The van der Waals surface area contributed by atoms with Gasteiger partial charge in [-0.3, -0.25) is 0 Å². The van der Waals surface area contributed by atoms with E-state index in [4.69, 9.17) is 9.84 Å². The lowest BCUT2D eigenvalue weighted by Gasteiger charge is -2.22. The molecule has 0 saturated carbocycles. The van der Waals surface area contributed by atoms with Gasteiger partial charge in [0.2, 0.25) is 0 Å². The number of ether oxygens (including phenoxy) is 1. The summed E-state index contributed by atoms with van der Waals surface area (Å²) in [6.07, 6.45) is 1.94. The minimum Gasteiger partial charge on any atom is -0.396 e. The first-order valence-electron chi connectivity index (χ1n) is 5.57. The lowest BCUT2D eigenvalue weighted by atomic mass is 10.1. The molecule has 3 nitrogen and oxygen atoms in total. The fourth-order valence-electron chi connectivity index (χ4n) is 1.03. The Morgan fingerprint density at radius 2 is 2.00 bits per heavy atom. The smallest absolute Gasteiger partial charge is 0.0634 e. The third-order valence-corrected chi connectivity index (χ3v) is 3.40. The van der Waals surface area contributed by atoms with Crippen molar-refractivity contribution in [1.82, 2.24) is 5.32 Å². The molecule has 0 aliphatic rings. The molecule has 92 valence electrons. The van der Waals surface area contributed by atoms with E-state index in [0.717, 1.165) is 37.4 Å². The van der Waals surface area contributed by atoms with E-state index in [0.29, 0.717) is 6.61 Å². The number of nitrogens with one attached hydrogen (secondary N) is 1. The highest BCUT2D eigenvalue weighted by atomic mass is 32.2. The van der Waals surface area contributed by atoms with E-state index >= 15 is 0 Å². The van der Waals surface area contributed by atoms with Crippen molar-refractivity contribution in [2.45, 2.75) is 32.3 Å². The van der Waals surface area contributed by atoms with Gasteiger partial charge in [0.25, 0.3) is 0 Å². The molecular formula is C11H25NO2S. The summed E-state index contributed by atoms with van der Waals surface area (Å²) < 4.78 is 5.32. The van der Waals surface area contributed by atoms with E-state index in [1.165, 1.54) is 0 Å². The summed E-state index contributed by atoms with van der Waals surface area (Å²) in [6.45, 7) is 6.55. The second-order valence-electron chi connectivity index (χ2n) is 4.15. The summed E-state index contributed by atoms with van der Waals surface area (Å²) in [6, 6.07) is 0. The van der Waals surface area contributed by atoms with E-state index in [1.54, 1.807) is 7.11 Å². The van der Waals surface area contributed by atoms with E-state index in [1.807, 2.05) is 11.8 Å². The molecule has 0 amide bonds. The third kappa shape index (κ3) is 10.5. The molecule has 0 fully saturated rings. The molecule has 0 spiro atoms. The Hall–Kier alpha value is 0.230. The minimum atomic E-state index is -0.0168. The zero-order chi connectivity index (χ0) is 11.6. The van der Waals surface area contributed by atoms with Crippen LogP contribution in [0.25, 0.3) is 0 Å². The molecule has 0 heterocycles. The molecule has 0 aromatic rings.